The van der Waals surface area contributed by atoms with Crippen LogP contribution in [0.5, 0.6) is 5.75 Å². The maximum Gasteiger partial charge on any atom is 0.185 e. The molecule has 0 atom stereocenters. The minimum absolute atomic E-state index is 0.00413. The number of anilines is 3. The van der Waals surface area contributed by atoms with Crippen LogP contribution < -0.4 is 15.8 Å². The third-order valence-corrected chi connectivity index (χ3v) is 4.17. The van der Waals surface area contributed by atoms with E-state index in [2.05, 4.69) is 10.3 Å². The highest BCUT2D eigenvalue weighted by Gasteiger charge is 2.07. The van der Waals surface area contributed by atoms with E-state index in [1.54, 1.807) is 36.5 Å². The lowest BCUT2D eigenvalue weighted by Crippen LogP contribution is -1.99. The Kier molecular flexibility index (Phi) is 6.04. The number of ketones is 1. The topological polar surface area (TPSA) is 97.5 Å². The second-order valence-electron chi connectivity index (χ2n) is 6.08. The number of hydrogen-bond donors (Lipinski definition) is 3. The second kappa shape index (κ2) is 8.83. The number of benzene rings is 2. The predicted molar refractivity (Wildman–Crippen MR) is 111 cm³/mol. The summed E-state index contributed by atoms with van der Waals surface area (Å²) < 4.78 is 5.11. The number of pyridine rings is 1. The zero-order valence-corrected chi connectivity index (χ0v) is 15.4. The van der Waals surface area contributed by atoms with Crippen molar-refractivity contribution < 1.29 is 14.6 Å². The molecule has 3 aromatic rings. The largest absolute Gasteiger partial charge is 0.495 e. The zero-order chi connectivity index (χ0) is 19.9. The summed E-state index contributed by atoms with van der Waals surface area (Å²) in [6.07, 6.45) is 4.87. The number of carbonyl (C=O) groups is 1. The van der Waals surface area contributed by atoms with E-state index in [-0.39, 0.29) is 12.4 Å². The molecule has 0 saturated heterocycles. The lowest BCUT2D eigenvalue weighted by atomic mass is 10.1. The molecule has 0 fully saturated rings. The zero-order valence-electron chi connectivity index (χ0n) is 15.4. The molecule has 0 aliphatic carbocycles. The molecule has 0 spiro atoms. The molecule has 0 unspecified atom stereocenters. The molecule has 0 amide bonds. The lowest BCUT2D eigenvalue weighted by Gasteiger charge is -2.09. The molecule has 28 heavy (non-hydrogen) atoms. The van der Waals surface area contributed by atoms with Crippen LogP contribution in [0.1, 0.15) is 21.5 Å². The molecule has 1 heterocycles. The van der Waals surface area contributed by atoms with Crippen LogP contribution in [0.2, 0.25) is 0 Å². The normalized spacial score (nSPS) is 10.8. The summed E-state index contributed by atoms with van der Waals surface area (Å²) in [7, 11) is 1.53. The minimum Gasteiger partial charge on any atom is -0.495 e. The first kappa shape index (κ1) is 19.1. The van der Waals surface area contributed by atoms with Gasteiger partial charge in [0.25, 0.3) is 0 Å². The predicted octanol–water partition coefficient (Wildman–Crippen LogP) is 3.80. The fraction of sp³-hybridized carbons (Fsp3) is 0.0909. The number of methoxy groups -OCH3 is 1. The van der Waals surface area contributed by atoms with Gasteiger partial charge in [-0.15, -0.1) is 0 Å². The van der Waals surface area contributed by atoms with E-state index in [9.17, 15) is 4.79 Å². The minimum atomic E-state index is -0.170. The van der Waals surface area contributed by atoms with E-state index < -0.39 is 0 Å². The van der Waals surface area contributed by atoms with Crippen molar-refractivity contribution in [1.82, 2.24) is 4.98 Å². The first-order valence-corrected chi connectivity index (χ1v) is 8.68. The molecule has 0 bridgehead atoms. The number of allylic oxidation sites excluding steroid dienone is 1. The maximum absolute atomic E-state index is 12.5. The van der Waals surface area contributed by atoms with Crippen molar-refractivity contribution >= 4 is 29.1 Å². The molecule has 142 valence electrons. The highest BCUT2D eigenvalue weighted by Crippen LogP contribution is 2.23. The number of nitrogens with zero attached hydrogens (tertiary/aromatic N) is 1. The third-order valence-electron chi connectivity index (χ3n) is 4.17. The number of hydrogen-bond acceptors (Lipinski definition) is 6. The van der Waals surface area contributed by atoms with Gasteiger partial charge in [0.05, 0.1) is 19.4 Å². The molecule has 0 aliphatic rings. The van der Waals surface area contributed by atoms with Crippen LogP contribution in [0.25, 0.3) is 6.08 Å². The number of nitrogen functional groups attached to an aromatic ring is 1. The fourth-order valence-corrected chi connectivity index (χ4v) is 2.64. The molecule has 0 radical (unpaired) electrons. The number of ether oxygens (including phenoxy) is 1. The van der Waals surface area contributed by atoms with E-state index in [1.807, 2.05) is 30.3 Å². The van der Waals surface area contributed by atoms with E-state index in [0.29, 0.717) is 22.8 Å². The Balaban J connectivity index is 1.78. The van der Waals surface area contributed by atoms with Crippen molar-refractivity contribution in [2.24, 2.45) is 0 Å². The molecular formula is C22H21N3O3. The van der Waals surface area contributed by atoms with Gasteiger partial charge in [-0.3, -0.25) is 4.79 Å². The van der Waals surface area contributed by atoms with E-state index in [1.165, 1.54) is 13.2 Å². The van der Waals surface area contributed by atoms with Crippen molar-refractivity contribution in [3.63, 3.8) is 0 Å². The smallest absolute Gasteiger partial charge is 0.185 e. The first-order chi connectivity index (χ1) is 13.6. The van der Waals surface area contributed by atoms with E-state index in [4.69, 9.17) is 15.6 Å². The molecule has 6 nitrogen and oxygen atoms in total. The lowest BCUT2D eigenvalue weighted by molar-refractivity contribution is 0.104. The first-order valence-electron chi connectivity index (χ1n) is 8.68. The molecule has 6 heteroatoms. The summed E-state index contributed by atoms with van der Waals surface area (Å²) in [5, 5.41) is 12.4. The second-order valence-corrected chi connectivity index (χ2v) is 6.08. The number of rotatable bonds is 7. The van der Waals surface area contributed by atoms with E-state index >= 15 is 0 Å². The number of nitrogens with one attached hydrogen (secondary N) is 1. The van der Waals surface area contributed by atoms with Crippen molar-refractivity contribution in [1.29, 1.82) is 0 Å². The van der Waals surface area contributed by atoms with Crippen molar-refractivity contribution in [3.05, 3.63) is 83.6 Å². The molecule has 4 N–H and O–H groups in total. The summed E-state index contributed by atoms with van der Waals surface area (Å²) in [6, 6.07) is 16.0. The van der Waals surface area contributed by atoms with Gasteiger partial charge in [0.15, 0.2) is 5.78 Å². The third kappa shape index (κ3) is 4.55. The van der Waals surface area contributed by atoms with Crippen LogP contribution in [-0.2, 0) is 6.61 Å². The number of aliphatic hydroxyl groups is 1. The van der Waals surface area contributed by atoms with Crippen LogP contribution >= 0.6 is 0 Å². The van der Waals surface area contributed by atoms with E-state index in [0.717, 1.165) is 16.8 Å². The van der Waals surface area contributed by atoms with Crippen LogP contribution in [0.15, 0.2) is 66.9 Å². The number of nitrogens with two attached hydrogens (primary N) is 1. The monoisotopic (exact) mass is 375 g/mol. The van der Waals surface area contributed by atoms with Gasteiger partial charge in [-0.05, 0) is 60.2 Å². The number of aliphatic hydroxyl groups excluding tert-OH is 1. The molecule has 0 aliphatic heterocycles. The SMILES string of the molecule is COc1ccc(C(=O)/C=C/c2cccnc2Nc2ccc(CO)cc2)cc1N. The molecule has 2 aromatic carbocycles. The Morgan fingerprint density at radius 3 is 2.68 bits per heavy atom. The standard InChI is InChI=1S/C22H21N3O3/c1-28-21-11-7-17(13-19(21)23)20(27)10-6-16-3-2-12-24-22(16)25-18-8-4-15(14-26)5-9-18/h2-13,26H,14,23H2,1H3,(H,24,25)/b10-6+. The maximum atomic E-state index is 12.5. The number of aromatic nitrogens is 1. The van der Waals surface area contributed by atoms with Crippen molar-refractivity contribution in [2.45, 2.75) is 6.61 Å². The van der Waals surface area contributed by atoms with Gasteiger partial charge in [-0.2, -0.15) is 0 Å². The Hall–Kier alpha value is -3.64. The summed E-state index contributed by atoms with van der Waals surface area (Å²) in [5.74, 6) is 0.987. The average molecular weight is 375 g/mol. The highest BCUT2D eigenvalue weighted by atomic mass is 16.5. The summed E-state index contributed by atoms with van der Waals surface area (Å²) in [5.41, 5.74) is 9.19. The molecule has 3 rings (SSSR count). The van der Waals surface area contributed by atoms with Gasteiger partial charge < -0.3 is 20.9 Å². The van der Waals surface area contributed by atoms with Gasteiger partial charge in [0.1, 0.15) is 11.6 Å². The van der Waals surface area contributed by atoms with Gasteiger partial charge in [-0.25, -0.2) is 4.98 Å². The van der Waals surface area contributed by atoms with Crippen LogP contribution in [-0.4, -0.2) is 23.0 Å². The Morgan fingerprint density at radius 2 is 2.00 bits per heavy atom. The van der Waals surface area contributed by atoms with Gasteiger partial charge in [0.2, 0.25) is 0 Å². The fourth-order valence-electron chi connectivity index (χ4n) is 2.64. The Labute approximate surface area is 163 Å². The number of carbonyl (C=O) groups excluding carboxylic acids is 1. The Bertz CT molecular complexity index is 998. The summed E-state index contributed by atoms with van der Waals surface area (Å²) >= 11 is 0. The Morgan fingerprint density at radius 1 is 1.21 bits per heavy atom. The molecule has 0 saturated carbocycles. The van der Waals surface area contributed by atoms with Crippen molar-refractivity contribution in [2.75, 3.05) is 18.2 Å². The summed E-state index contributed by atoms with van der Waals surface area (Å²) in [4.78, 5) is 16.8. The van der Waals surface area contributed by atoms with Crippen LogP contribution in [0.3, 0.4) is 0 Å². The summed E-state index contributed by atoms with van der Waals surface area (Å²) in [6.45, 7) is -0.00413. The van der Waals surface area contributed by atoms with Crippen LogP contribution in [0, 0.1) is 0 Å². The van der Waals surface area contributed by atoms with Crippen molar-refractivity contribution in [3.8, 4) is 5.75 Å². The average Bonchev–Trinajstić information content (AvgIpc) is 2.73. The molecular weight excluding hydrogens is 354 g/mol. The van der Waals surface area contributed by atoms with Gasteiger partial charge in [0, 0.05) is 23.0 Å². The van der Waals surface area contributed by atoms with Crippen LogP contribution in [0.4, 0.5) is 17.2 Å². The molecule has 1 aromatic heterocycles. The van der Waals surface area contributed by atoms with Gasteiger partial charge >= 0.3 is 0 Å². The highest BCUT2D eigenvalue weighted by molar-refractivity contribution is 6.07. The quantitative estimate of drug-likeness (QED) is 0.330. The van der Waals surface area contributed by atoms with Gasteiger partial charge in [-0.1, -0.05) is 12.1 Å².